The van der Waals surface area contributed by atoms with Crippen LogP contribution in [0.1, 0.15) is 11.1 Å². The topological polar surface area (TPSA) is 0 Å². The Balaban J connectivity index is 1.70. The second-order valence-corrected chi connectivity index (χ2v) is 7.75. The lowest BCUT2D eigenvalue weighted by Crippen LogP contribution is -1.89. The first-order chi connectivity index (χ1) is 13.4. The largest absolute Gasteiger partial charge is 0.0619 e. The molecule has 0 unspecified atom stereocenters. The fourth-order valence-corrected chi connectivity index (χ4v) is 5.24. The van der Waals surface area contributed by atoms with Gasteiger partial charge in [-0.1, -0.05) is 78.9 Å². The standard InChI is InChI=1S/C27H16/c1-2-7-20-18(4-1)14-24-21(20)12-13-22-23-11-10-17-6-3-5-16-8-9-19(15-25(22)24)27(23)26(16)17/h1-13,15H,14H2. The maximum atomic E-state index is 2.42. The number of rotatable bonds is 0. The van der Waals surface area contributed by atoms with Gasteiger partial charge < -0.3 is 0 Å². The first-order valence-electron chi connectivity index (χ1n) is 9.59. The summed E-state index contributed by atoms with van der Waals surface area (Å²) in [7, 11) is 0. The molecule has 1 aliphatic rings. The van der Waals surface area contributed by atoms with Crippen molar-refractivity contribution in [2.24, 2.45) is 0 Å². The third kappa shape index (κ3) is 1.64. The SMILES string of the molecule is c1ccc2c(c1)Cc1c-2ccc2c1cc1ccc3cccc4ccc2c1c34. The Morgan fingerprint density at radius 1 is 0.481 bits per heavy atom. The van der Waals surface area contributed by atoms with Crippen LogP contribution < -0.4 is 0 Å². The molecule has 0 fully saturated rings. The van der Waals surface area contributed by atoms with Crippen LogP contribution in [0.5, 0.6) is 0 Å². The zero-order chi connectivity index (χ0) is 17.5. The van der Waals surface area contributed by atoms with Crippen molar-refractivity contribution in [3.05, 3.63) is 96.1 Å². The normalized spacial score (nSPS) is 13.0. The molecule has 0 aliphatic heterocycles. The van der Waals surface area contributed by atoms with Crippen LogP contribution >= 0.6 is 0 Å². The van der Waals surface area contributed by atoms with Crippen LogP contribution in [-0.2, 0) is 6.42 Å². The van der Waals surface area contributed by atoms with Crippen LogP contribution in [0.2, 0.25) is 0 Å². The molecule has 0 saturated heterocycles. The molecule has 0 aromatic heterocycles. The van der Waals surface area contributed by atoms with Gasteiger partial charge in [-0.3, -0.25) is 0 Å². The molecule has 0 heterocycles. The van der Waals surface area contributed by atoms with Crippen molar-refractivity contribution >= 4 is 43.1 Å². The van der Waals surface area contributed by atoms with Gasteiger partial charge in [0, 0.05) is 0 Å². The minimum absolute atomic E-state index is 1.04. The van der Waals surface area contributed by atoms with E-state index in [2.05, 4.69) is 84.9 Å². The summed E-state index contributed by atoms with van der Waals surface area (Å²) in [5.74, 6) is 0. The Labute approximate surface area is 157 Å². The lowest BCUT2D eigenvalue weighted by atomic mass is 9.89. The van der Waals surface area contributed by atoms with Crippen LogP contribution in [0.3, 0.4) is 0 Å². The van der Waals surface area contributed by atoms with Crippen LogP contribution in [0.4, 0.5) is 0 Å². The summed E-state index contributed by atoms with van der Waals surface area (Å²) in [6.45, 7) is 0. The maximum Gasteiger partial charge on any atom is -0.000728 e. The summed E-state index contributed by atoms with van der Waals surface area (Å²) in [4.78, 5) is 0. The molecule has 0 saturated carbocycles. The first-order valence-corrected chi connectivity index (χ1v) is 9.59. The van der Waals surface area contributed by atoms with Gasteiger partial charge in [0.2, 0.25) is 0 Å². The Kier molecular flexibility index (Phi) is 2.38. The van der Waals surface area contributed by atoms with Crippen molar-refractivity contribution < 1.29 is 0 Å². The number of hydrogen-bond donors (Lipinski definition) is 0. The smallest absolute Gasteiger partial charge is 0.000728 e. The third-order valence-electron chi connectivity index (χ3n) is 6.43. The van der Waals surface area contributed by atoms with Gasteiger partial charge in [-0.15, -0.1) is 0 Å². The summed E-state index contributed by atoms with van der Waals surface area (Å²) >= 11 is 0. The van der Waals surface area contributed by atoms with Crippen molar-refractivity contribution in [2.45, 2.75) is 6.42 Å². The summed E-state index contributed by atoms with van der Waals surface area (Å²) in [6, 6.07) is 31.7. The minimum Gasteiger partial charge on any atom is -0.0619 e. The van der Waals surface area contributed by atoms with Gasteiger partial charge in [0.25, 0.3) is 0 Å². The van der Waals surface area contributed by atoms with Crippen LogP contribution in [0, 0.1) is 0 Å². The molecule has 0 radical (unpaired) electrons. The molecule has 0 heteroatoms. The van der Waals surface area contributed by atoms with Gasteiger partial charge in [0.05, 0.1) is 0 Å². The molecular formula is C27H16. The van der Waals surface area contributed by atoms with Gasteiger partial charge >= 0.3 is 0 Å². The van der Waals surface area contributed by atoms with Gasteiger partial charge in [-0.05, 0) is 77.8 Å². The Morgan fingerprint density at radius 2 is 1.26 bits per heavy atom. The number of hydrogen-bond acceptors (Lipinski definition) is 0. The molecule has 27 heavy (non-hydrogen) atoms. The summed E-state index contributed by atoms with van der Waals surface area (Å²) in [6.07, 6.45) is 1.04. The van der Waals surface area contributed by atoms with E-state index in [4.69, 9.17) is 0 Å². The third-order valence-corrected chi connectivity index (χ3v) is 6.43. The first kappa shape index (κ1) is 13.8. The van der Waals surface area contributed by atoms with E-state index < -0.39 is 0 Å². The average molecular weight is 340 g/mol. The van der Waals surface area contributed by atoms with Crippen molar-refractivity contribution in [1.29, 1.82) is 0 Å². The van der Waals surface area contributed by atoms with Gasteiger partial charge in [-0.25, -0.2) is 0 Å². The highest BCUT2D eigenvalue weighted by Crippen LogP contribution is 2.44. The summed E-state index contributed by atoms with van der Waals surface area (Å²) < 4.78 is 0. The number of fused-ring (bicyclic) bond motifs is 6. The predicted octanol–water partition coefficient (Wildman–Crippen LogP) is 7.31. The van der Waals surface area contributed by atoms with E-state index in [1.54, 1.807) is 0 Å². The van der Waals surface area contributed by atoms with Crippen molar-refractivity contribution in [3.63, 3.8) is 0 Å². The molecule has 0 bridgehead atoms. The molecule has 0 amide bonds. The van der Waals surface area contributed by atoms with Crippen LogP contribution in [0.25, 0.3) is 54.2 Å². The van der Waals surface area contributed by atoms with E-state index in [1.807, 2.05) is 0 Å². The highest BCUT2D eigenvalue weighted by molar-refractivity contribution is 6.29. The van der Waals surface area contributed by atoms with E-state index >= 15 is 0 Å². The molecule has 6 aromatic rings. The maximum absolute atomic E-state index is 2.42. The lowest BCUT2D eigenvalue weighted by Gasteiger charge is -2.15. The Morgan fingerprint density at radius 3 is 2.19 bits per heavy atom. The molecule has 124 valence electrons. The minimum atomic E-state index is 1.04. The molecule has 1 aliphatic carbocycles. The Hall–Kier alpha value is -3.38. The van der Waals surface area contributed by atoms with Gasteiger partial charge in [-0.2, -0.15) is 0 Å². The fourth-order valence-electron chi connectivity index (χ4n) is 5.24. The fraction of sp³-hybridized carbons (Fsp3) is 0.0370. The quantitative estimate of drug-likeness (QED) is 0.200. The molecule has 7 rings (SSSR count). The molecule has 6 aromatic carbocycles. The van der Waals surface area contributed by atoms with Crippen LogP contribution in [0.15, 0.2) is 84.9 Å². The molecule has 0 spiro atoms. The van der Waals surface area contributed by atoms with Gasteiger partial charge in [0.15, 0.2) is 0 Å². The lowest BCUT2D eigenvalue weighted by molar-refractivity contribution is 1.29. The van der Waals surface area contributed by atoms with E-state index in [-0.39, 0.29) is 0 Å². The second-order valence-electron chi connectivity index (χ2n) is 7.75. The van der Waals surface area contributed by atoms with Gasteiger partial charge in [0.1, 0.15) is 0 Å². The predicted molar refractivity (Wildman–Crippen MR) is 116 cm³/mol. The van der Waals surface area contributed by atoms with E-state index in [9.17, 15) is 0 Å². The second kappa shape index (κ2) is 4.66. The highest BCUT2D eigenvalue weighted by Gasteiger charge is 2.21. The van der Waals surface area contributed by atoms with E-state index in [1.165, 1.54) is 65.3 Å². The van der Waals surface area contributed by atoms with Crippen LogP contribution in [-0.4, -0.2) is 0 Å². The summed E-state index contributed by atoms with van der Waals surface area (Å²) in [5, 5.41) is 11.0. The van der Waals surface area contributed by atoms with E-state index in [0.717, 1.165) is 6.42 Å². The van der Waals surface area contributed by atoms with Crippen molar-refractivity contribution in [1.82, 2.24) is 0 Å². The van der Waals surface area contributed by atoms with E-state index in [0.29, 0.717) is 0 Å². The number of benzene rings is 6. The zero-order valence-electron chi connectivity index (χ0n) is 14.8. The molecule has 0 nitrogen and oxygen atoms in total. The average Bonchev–Trinajstić information content (AvgIpc) is 3.11. The highest BCUT2D eigenvalue weighted by atomic mass is 14.2. The molecule has 0 N–H and O–H groups in total. The monoisotopic (exact) mass is 340 g/mol. The molecular weight excluding hydrogens is 324 g/mol. The van der Waals surface area contributed by atoms with Crippen molar-refractivity contribution in [2.75, 3.05) is 0 Å². The summed E-state index contributed by atoms with van der Waals surface area (Å²) in [5.41, 5.74) is 5.75. The molecule has 0 atom stereocenters. The van der Waals surface area contributed by atoms with Crippen molar-refractivity contribution in [3.8, 4) is 11.1 Å². The zero-order valence-corrected chi connectivity index (χ0v) is 14.8. The Bertz CT molecular complexity index is 1520.